The molecule has 0 fully saturated rings. The quantitative estimate of drug-likeness (QED) is 0.811. The molecule has 0 saturated carbocycles. The summed E-state index contributed by atoms with van der Waals surface area (Å²) in [4.78, 5) is 17.6. The van der Waals surface area contributed by atoms with Gasteiger partial charge in [0.1, 0.15) is 0 Å². The first kappa shape index (κ1) is 19.4. The number of primary amides is 1. The topological polar surface area (TPSA) is 49.6 Å². The molecule has 0 saturated heterocycles. The predicted octanol–water partition coefficient (Wildman–Crippen LogP) is 3.86. The molecule has 1 aliphatic rings. The Bertz CT molecular complexity index is 800. The number of anilines is 2. The summed E-state index contributed by atoms with van der Waals surface area (Å²) in [7, 11) is 0. The minimum Gasteiger partial charge on any atom is -0.369 e. The maximum atomic E-state index is 13.0. The molecule has 0 spiro atoms. The van der Waals surface area contributed by atoms with E-state index in [-0.39, 0.29) is 5.91 Å². The molecule has 4 nitrogen and oxygen atoms in total. The molecule has 2 N–H and O–H groups in total. The summed E-state index contributed by atoms with van der Waals surface area (Å²) in [5, 5.41) is 0. The van der Waals surface area contributed by atoms with Gasteiger partial charge in [-0.1, -0.05) is 50.2 Å². The molecular weight excluding hydrogens is 334 g/mol. The van der Waals surface area contributed by atoms with Crippen molar-refractivity contribution in [3.05, 3.63) is 59.7 Å². The molecule has 2 aromatic rings. The number of fused-ring (bicyclic) bond motifs is 2. The van der Waals surface area contributed by atoms with E-state index in [0.29, 0.717) is 6.42 Å². The first-order valence-corrected chi connectivity index (χ1v) is 10.0. The lowest BCUT2D eigenvalue weighted by Crippen LogP contribution is -2.45. The van der Waals surface area contributed by atoms with Gasteiger partial charge in [-0.25, -0.2) is 0 Å². The fraction of sp³-hybridized carbons (Fsp3) is 0.435. The minimum atomic E-state index is -0.695. The Hall–Kier alpha value is -2.33. The maximum absolute atomic E-state index is 13.0. The Morgan fingerprint density at radius 2 is 1.67 bits per heavy atom. The fourth-order valence-electron chi connectivity index (χ4n) is 4.38. The second kappa shape index (κ2) is 8.13. The normalized spacial score (nSPS) is 18.7. The Morgan fingerprint density at radius 3 is 2.30 bits per heavy atom. The predicted molar refractivity (Wildman–Crippen MR) is 113 cm³/mol. The van der Waals surface area contributed by atoms with E-state index in [1.54, 1.807) is 0 Å². The SMILES string of the molecule is CCN(CC)CC[C@@]1(C(N)=O)Cc2ccccc2N(CC)c2ccccc21. The molecule has 144 valence electrons. The van der Waals surface area contributed by atoms with Crippen molar-refractivity contribution in [2.45, 2.75) is 39.0 Å². The highest BCUT2D eigenvalue weighted by molar-refractivity contribution is 5.91. The Labute approximate surface area is 163 Å². The Kier molecular flexibility index (Phi) is 5.85. The minimum absolute atomic E-state index is 0.227. The van der Waals surface area contributed by atoms with Crippen molar-refractivity contribution in [1.29, 1.82) is 0 Å². The highest BCUT2D eigenvalue weighted by Gasteiger charge is 2.43. The molecule has 0 bridgehead atoms. The van der Waals surface area contributed by atoms with Crippen LogP contribution in [0.15, 0.2) is 48.5 Å². The molecule has 1 heterocycles. The third kappa shape index (κ3) is 3.46. The Balaban J connectivity index is 2.18. The smallest absolute Gasteiger partial charge is 0.228 e. The molecule has 0 aromatic heterocycles. The summed E-state index contributed by atoms with van der Waals surface area (Å²) in [5.41, 5.74) is 9.95. The zero-order valence-corrected chi connectivity index (χ0v) is 16.7. The lowest BCUT2D eigenvalue weighted by Gasteiger charge is -2.34. The first-order chi connectivity index (χ1) is 13.1. The van der Waals surface area contributed by atoms with E-state index in [0.717, 1.165) is 43.9 Å². The number of rotatable bonds is 7. The number of carbonyl (C=O) groups excluding carboxylic acids is 1. The molecular formula is C23H31N3O. The van der Waals surface area contributed by atoms with E-state index >= 15 is 0 Å². The summed E-state index contributed by atoms with van der Waals surface area (Å²) < 4.78 is 0. The van der Waals surface area contributed by atoms with Gasteiger partial charge in [-0.05, 0) is 62.7 Å². The molecule has 3 rings (SSSR count). The van der Waals surface area contributed by atoms with Crippen LogP contribution in [-0.4, -0.2) is 37.0 Å². The number of carbonyl (C=O) groups is 1. The number of hydrogen-bond donors (Lipinski definition) is 1. The average Bonchev–Trinajstić information content (AvgIpc) is 2.81. The largest absolute Gasteiger partial charge is 0.369 e. The molecule has 1 atom stereocenters. The van der Waals surface area contributed by atoms with Crippen LogP contribution in [0.2, 0.25) is 0 Å². The third-order valence-corrected chi connectivity index (χ3v) is 6.02. The maximum Gasteiger partial charge on any atom is 0.228 e. The molecule has 1 amide bonds. The number of benzene rings is 2. The van der Waals surface area contributed by atoms with Crippen LogP contribution in [0.4, 0.5) is 11.4 Å². The third-order valence-electron chi connectivity index (χ3n) is 6.02. The van der Waals surface area contributed by atoms with Crippen LogP contribution >= 0.6 is 0 Å². The Morgan fingerprint density at radius 1 is 1.04 bits per heavy atom. The van der Waals surface area contributed by atoms with Gasteiger partial charge in [0.15, 0.2) is 0 Å². The van der Waals surface area contributed by atoms with Crippen molar-refractivity contribution in [3.63, 3.8) is 0 Å². The van der Waals surface area contributed by atoms with Crippen LogP contribution < -0.4 is 10.6 Å². The molecule has 0 unspecified atom stereocenters. The summed E-state index contributed by atoms with van der Waals surface area (Å²) in [5.74, 6) is -0.227. The van der Waals surface area contributed by atoms with Crippen LogP contribution in [0, 0.1) is 0 Å². The summed E-state index contributed by atoms with van der Waals surface area (Å²) in [6.45, 7) is 10.1. The summed E-state index contributed by atoms with van der Waals surface area (Å²) in [6, 6.07) is 16.7. The van der Waals surface area contributed by atoms with E-state index in [9.17, 15) is 4.79 Å². The van der Waals surface area contributed by atoms with Gasteiger partial charge in [-0.15, -0.1) is 0 Å². The molecule has 0 radical (unpaired) electrons. The molecule has 0 aliphatic carbocycles. The lowest BCUT2D eigenvalue weighted by molar-refractivity contribution is -0.124. The van der Waals surface area contributed by atoms with Gasteiger partial charge in [-0.2, -0.15) is 0 Å². The summed E-state index contributed by atoms with van der Waals surface area (Å²) >= 11 is 0. The van der Waals surface area contributed by atoms with E-state index in [4.69, 9.17) is 5.73 Å². The van der Waals surface area contributed by atoms with E-state index in [1.807, 2.05) is 12.1 Å². The zero-order chi connectivity index (χ0) is 19.4. The van der Waals surface area contributed by atoms with Crippen LogP contribution in [0.5, 0.6) is 0 Å². The second-order valence-electron chi connectivity index (χ2n) is 7.29. The monoisotopic (exact) mass is 365 g/mol. The summed E-state index contributed by atoms with van der Waals surface area (Å²) in [6.07, 6.45) is 1.38. The molecule has 4 heteroatoms. The van der Waals surface area contributed by atoms with Crippen molar-refractivity contribution in [1.82, 2.24) is 4.90 Å². The number of amides is 1. The van der Waals surface area contributed by atoms with E-state index in [1.165, 1.54) is 11.3 Å². The fourth-order valence-corrected chi connectivity index (χ4v) is 4.38. The van der Waals surface area contributed by atoms with Crippen LogP contribution in [-0.2, 0) is 16.6 Å². The van der Waals surface area contributed by atoms with Crippen LogP contribution in [0.1, 0.15) is 38.3 Å². The van der Waals surface area contributed by atoms with Gasteiger partial charge in [0.25, 0.3) is 0 Å². The molecule has 27 heavy (non-hydrogen) atoms. The van der Waals surface area contributed by atoms with Crippen LogP contribution in [0.3, 0.4) is 0 Å². The second-order valence-corrected chi connectivity index (χ2v) is 7.29. The highest BCUT2D eigenvalue weighted by atomic mass is 16.1. The van der Waals surface area contributed by atoms with Gasteiger partial charge in [-0.3, -0.25) is 4.79 Å². The number of hydrogen-bond acceptors (Lipinski definition) is 3. The van der Waals surface area contributed by atoms with Gasteiger partial charge < -0.3 is 15.5 Å². The molecule has 2 aromatic carbocycles. The van der Waals surface area contributed by atoms with Gasteiger partial charge >= 0.3 is 0 Å². The lowest BCUT2D eigenvalue weighted by atomic mass is 9.72. The number of nitrogens with zero attached hydrogens (tertiary/aromatic N) is 2. The van der Waals surface area contributed by atoms with Gasteiger partial charge in [0, 0.05) is 17.9 Å². The van der Waals surface area contributed by atoms with Gasteiger partial charge in [0.2, 0.25) is 5.91 Å². The zero-order valence-electron chi connectivity index (χ0n) is 16.7. The number of para-hydroxylation sites is 2. The van der Waals surface area contributed by atoms with Gasteiger partial charge in [0.05, 0.1) is 5.41 Å². The average molecular weight is 366 g/mol. The van der Waals surface area contributed by atoms with Crippen molar-refractivity contribution < 1.29 is 4.79 Å². The van der Waals surface area contributed by atoms with Crippen molar-refractivity contribution in [2.75, 3.05) is 31.1 Å². The first-order valence-electron chi connectivity index (χ1n) is 10.0. The van der Waals surface area contributed by atoms with Crippen LogP contribution in [0.25, 0.3) is 0 Å². The van der Waals surface area contributed by atoms with E-state index in [2.05, 4.69) is 67.0 Å². The standard InChI is InChI=1S/C23H31N3O/c1-4-25(5-2)16-15-23(22(24)27)17-18-11-7-9-13-20(18)26(6-3)21-14-10-8-12-19(21)23/h7-14H,4-6,15-17H2,1-3H3,(H2,24,27)/t23-/m1/s1. The highest BCUT2D eigenvalue weighted by Crippen LogP contribution is 2.45. The van der Waals surface area contributed by atoms with Crippen molar-refractivity contribution in [2.24, 2.45) is 5.73 Å². The molecule has 1 aliphatic heterocycles. The number of nitrogens with two attached hydrogens (primary N) is 1. The van der Waals surface area contributed by atoms with Crippen molar-refractivity contribution in [3.8, 4) is 0 Å². The van der Waals surface area contributed by atoms with Crippen molar-refractivity contribution >= 4 is 17.3 Å². The van der Waals surface area contributed by atoms with E-state index < -0.39 is 5.41 Å².